The van der Waals surface area contributed by atoms with E-state index in [1.165, 1.54) is 18.3 Å². The summed E-state index contributed by atoms with van der Waals surface area (Å²) < 4.78 is 22.7. The highest BCUT2D eigenvalue weighted by Crippen LogP contribution is 2.37. The van der Waals surface area contributed by atoms with Crippen molar-refractivity contribution in [2.45, 2.75) is 32.6 Å². The van der Waals surface area contributed by atoms with Gasteiger partial charge < -0.3 is 15.4 Å². The second-order valence-electron chi connectivity index (χ2n) is 10.7. The fourth-order valence-electron chi connectivity index (χ4n) is 5.38. The zero-order chi connectivity index (χ0) is 28.0. The van der Waals surface area contributed by atoms with Gasteiger partial charge in [0.2, 0.25) is 11.9 Å². The zero-order valence-corrected chi connectivity index (χ0v) is 22.2. The minimum absolute atomic E-state index is 0.0761. The summed E-state index contributed by atoms with van der Waals surface area (Å²) in [6.07, 6.45) is 6.50. The molecule has 40 heavy (non-hydrogen) atoms. The van der Waals surface area contributed by atoms with Gasteiger partial charge in [0.15, 0.2) is 0 Å². The molecule has 0 unspecified atom stereocenters. The number of anilines is 2. The lowest BCUT2D eigenvalue weighted by molar-refractivity contribution is -0.169. The molecule has 3 N–H and O–H groups in total. The number of halogens is 1. The van der Waals surface area contributed by atoms with Crippen LogP contribution in [0.2, 0.25) is 0 Å². The summed E-state index contributed by atoms with van der Waals surface area (Å²) >= 11 is 0. The predicted octanol–water partition coefficient (Wildman–Crippen LogP) is 3.21. The van der Waals surface area contributed by atoms with Crippen LogP contribution in [0.5, 0.6) is 0 Å². The van der Waals surface area contributed by atoms with E-state index in [1.807, 2.05) is 16.2 Å². The monoisotopic (exact) mass is 544 g/mol. The number of amides is 2. The molecule has 1 atom stereocenters. The van der Waals surface area contributed by atoms with Crippen molar-refractivity contribution in [2.24, 2.45) is 5.41 Å². The molecule has 5 heterocycles. The number of piperidine rings is 1. The number of hydrogen-bond acceptors (Lipinski definition) is 8. The molecule has 0 spiro atoms. The Hall–Kier alpha value is -4.45. The molecule has 2 aliphatic heterocycles. The lowest BCUT2D eigenvalue weighted by Gasteiger charge is -2.42. The van der Waals surface area contributed by atoms with E-state index < -0.39 is 17.1 Å². The number of rotatable bonds is 5. The maximum Gasteiger partial charge on any atom is 0.258 e. The van der Waals surface area contributed by atoms with Crippen molar-refractivity contribution in [3.63, 3.8) is 0 Å². The number of nitrogens with one attached hydrogen (secondary N) is 1. The highest BCUT2D eigenvalue weighted by molar-refractivity contribution is 6.03. The summed E-state index contributed by atoms with van der Waals surface area (Å²) in [7, 11) is 0. The van der Waals surface area contributed by atoms with E-state index in [0.717, 1.165) is 18.9 Å². The molecule has 1 aromatic carbocycles. The molecule has 2 amide bonds. The van der Waals surface area contributed by atoms with Crippen LogP contribution in [0, 0.1) is 18.2 Å². The quantitative estimate of drug-likeness (QED) is 0.390. The van der Waals surface area contributed by atoms with E-state index in [9.17, 15) is 9.59 Å². The van der Waals surface area contributed by atoms with Crippen LogP contribution < -0.4 is 11.1 Å². The number of nitrogens with zero attached hydrogens (tertiary/aromatic N) is 6. The van der Waals surface area contributed by atoms with Gasteiger partial charge in [-0.3, -0.25) is 19.3 Å². The van der Waals surface area contributed by atoms with Gasteiger partial charge in [0.05, 0.1) is 18.6 Å². The molecule has 0 radical (unpaired) electrons. The maximum atomic E-state index is 15.6. The Morgan fingerprint density at radius 2 is 2.00 bits per heavy atom. The van der Waals surface area contributed by atoms with Gasteiger partial charge in [-0.25, -0.2) is 24.3 Å². The van der Waals surface area contributed by atoms with Crippen LogP contribution in [-0.2, 0) is 9.53 Å². The SMILES string of the molecule is Cc1ccnc(NC(=O)c2ccc(-c3nc([C@@H]4CCCN(C(=O)C5(C)COC5)C4)n4ccnc(N)c34)c(F)c2)n1. The first-order chi connectivity index (χ1) is 19.2. The van der Waals surface area contributed by atoms with E-state index in [-0.39, 0.29) is 34.7 Å². The lowest BCUT2D eigenvalue weighted by Crippen LogP contribution is -2.55. The summed E-state index contributed by atoms with van der Waals surface area (Å²) in [4.78, 5) is 45.1. The Morgan fingerprint density at radius 3 is 2.73 bits per heavy atom. The largest absolute Gasteiger partial charge is 0.382 e. The lowest BCUT2D eigenvalue weighted by atomic mass is 9.85. The fourth-order valence-corrected chi connectivity index (χ4v) is 5.38. The van der Waals surface area contributed by atoms with Crippen molar-refractivity contribution < 1.29 is 18.7 Å². The molecule has 11 nitrogen and oxygen atoms in total. The van der Waals surface area contributed by atoms with Crippen LogP contribution >= 0.6 is 0 Å². The van der Waals surface area contributed by atoms with Crippen LogP contribution in [0.15, 0.2) is 42.9 Å². The highest BCUT2D eigenvalue weighted by atomic mass is 19.1. The first-order valence-corrected chi connectivity index (χ1v) is 13.1. The number of aryl methyl sites for hydroxylation is 1. The summed E-state index contributed by atoms with van der Waals surface area (Å²) in [6, 6.07) is 5.89. The van der Waals surface area contributed by atoms with Gasteiger partial charge in [-0.2, -0.15) is 0 Å². The first kappa shape index (κ1) is 25.8. The van der Waals surface area contributed by atoms with Gasteiger partial charge in [-0.1, -0.05) is 0 Å². The van der Waals surface area contributed by atoms with E-state index in [4.69, 9.17) is 15.5 Å². The summed E-state index contributed by atoms with van der Waals surface area (Å²) in [5.41, 5.74) is 7.58. The summed E-state index contributed by atoms with van der Waals surface area (Å²) in [5, 5.41) is 2.59. The van der Waals surface area contributed by atoms with E-state index >= 15 is 4.39 Å². The number of carbonyl (C=O) groups is 2. The van der Waals surface area contributed by atoms with Crippen molar-refractivity contribution in [3.8, 4) is 11.3 Å². The highest BCUT2D eigenvalue weighted by Gasteiger charge is 2.44. The number of carbonyl (C=O) groups excluding carboxylic acids is 2. The van der Waals surface area contributed by atoms with Crippen LogP contribution in [-0.4, -0.2) is 67.4 Å². The molecule has 4 aromatic rings. The average molecular weight is 545 g/mol. The Morgan fingerprint density at radius 1 is 1.18 bits per heavy atom. The van der Waals surface area contributed by atoms with Crippen molar-refractivity contribution >= 4 is 29.1 Å². The molecule has 2 aliphatic rings. The summed E-state index contributed by atoms with van der Waals surface area (Å²) in [5.74, 6) is -0.135. The second kappa shape index (κ2) is 9.94. The molecule has 2 fully saturated rings. The van der Waals surface area contributed by atoms with Crippen LogP contribution in [0.4, 0.5) is 16.2 Å². The van der Waals surface area contributed by atoms with Crippen LogP contribution in [0.3, 0.4) is 0 Å². The molecule has 2 saturated heterocycles. The van der Waals surface area contributed by atoms with Gasteiger partial charge in [0.1, 0.15) is 28.7 Å². The normalized spacial score (nSPS) is 18.4. The number of benzene rings is 1. The molecule has 3 aromatic heterocycles. The molecule has 6 rings (SSSR count). The van der Waals surface area contributed by atoms with Gasteiger partial charge in [-0.15, -0.1) is 0 Å². The third-order valence-corrected chi connectivity index (χ3v) is 7.55. The molecule has 0 bridgehead atoms. The molecule has 0 saturated carbocycles. The van der Waals surface area contributed by atoms with Gasteiger partial charge in [0, 0.05) is 54.4 Å². The van der Waals surface area contributed by atoms with Crippen molar-refractivity contribution in [3.05, 3.63) is 65.8 Å². The van der Waals surface area contributed by atoms with Crippen LogP contribution in [0.1, 0.15) is 47.6 Å². The number of nitrogens with two attached hydrogens (primary N) is 1. The number of imidazole rings is 1. The molecule has 206 valence electrons. The molecular weight excluding hydrogens is 515 g/mol. The minimum atomic E-state index is -0.633. The Bertz CT molecular complexity index is 1630. The van der Waals surface area contributed by atoms with Crippen molar-refractivity contribution in [1.29, 1.82) is 0 Å². The van der Waals surface area contributed by atoms with Crippen molar-refractivity contribution in [1.82, 2.24) is 29.2 Å². The molecule has 0 aliphatic carbocycles. The number of likely N-dealkylation sites (tertiary alicyclic amines) is 1. The Labute approximate surface area is 229 Å². The van der Waals surface area contributed by atoms with Gasteiger partial charge >= 0.3 is 0 Å². The van der Waals surface area contributed by atoms with Crippen molar-refractivity contribution in [2.75, 3.05) is 37.4 Å². The predicted molar refractivity (Wildman–Crippen MR) is 145 cm³/mol. The third-order valence-electron chi connectivity index (χ3n) is 7.55. The zero-order valence-electron chi connectivity index (χ0n) is 22.2. The van der Waals surface area contributed by atoms with E-state index in [1.54, 1.807) is 25.4 Å². The van der Waals surface area contributed by atoms with Gasteiger partial charge in [0.25, 0.3) is 5.91 Å². The average Bonchev–Trinajstić information content (AvgIpc) is 3.32. The maximum absolute atomic E-state index is 15.6. The smallest absolute Gasteiger partial charge is 0.258 e. The standard InChI is InChI=1S/C28H29FN8O3/c1-16-7-8-32-27(33-16)35-25(38)17-5-6-19(20(29)12-17)21-22-23(30)31-9-11-37(22)24(34-21)18-4-3-10-36(13-18)26(39)28(2)14-40-15-28/h5-9,11-12,18H,3-4,10,13-15H2,1-2H3,(H2,30,31)(H,32,33,35,38)/t18-/m1/s1. The number of nitrogen functional groups attached to an aromatic ring is 1. The minimum Gasteiger partial charge on any atom is -0.382 e. The first-order valence-electron chi connectivity index (χ1n) is 13.1. The van der Waals surface area contributed by atoms with Gasteiger partial charge in [-0.05, 0) is 51.0 Å². The topological polar surface area (TPSA) is 141 Å². The Kier molecular flexibility index (Phi) is 6.41. The molecular formula is C28H29FN8O3. The van der Waals surface area contributed by atoms with E-state index in [2.05, 4.69) is 20.3 Å². The third kappa shape index (κ3) is 4.53. The van der Waals surface area contributed by atoms with Crippen LogP contribution in [0.25, 0.3) is 16.8 Å². The number of hydrogen-bond donors (Lipinski definition) is 2. The summed E-state index contributed by atoms with van der Waals surface area (Å²) in [6.45, 7) is 5.74. The van der Waals surface area contributed by atoms with E-state index in [0.29, 0.717) is 49.0 Å². The number of ether oxygens (including phenoxy) is 1. The number of aromatic nitrogens is 5. The Balaban J connectivity index is 1.32. The second-order valence-corrected chi connectivity index (χ2v) is 10.7. The number of fused-ring (bicyclic) bond motifs is 1. The molecule has 12 heteroatoms. The fraction of sp³-hybridized carbons (Fsp3) is 0.357.